The van der Waals surface area contributed by atoms with Crippen LogP contribution in [0.3, 0.4) is 0 Å². The number of anilines is 1. The Morgan fingerprint density at radius 3 is 2.85 bits per heavy atom. The lowest BCUT2D eigenvalue weighted by Gasteiger charge is -2.19. The Morgan fingerprint density at radius 1 is 1.30 bits per heavy atom. The summed E-state index contributed by atoms with van der Waals surface area (Å²) in [6, 6.07) is 5.98. The molecule has 108 valence electrons. The van der Waals surface area contributed by atoms with Gasteiger partial charge in [-0.3, -0.25) is 4.79 Å². The Labute approximate surface area is 118 Å². The average molecular weight is 276 g/mol. The van der Waals surface area contributed by atoms with Crippen LogP contribution in [0.2, 0.25) is 0 Å². The summed E-state index contributed by atoms with van der Waals surface area (Å²) in [7, 11) is 0. The topological polar surface area (TPSA) is 59.6 Å². The van der Waals surface area contributed by atoms with Crippen molar-refractivity contribution >= 4 is 11.6 Å². The third kappa shape index (κ3) is 3.04. The van der Waals surface area contributed by atoms with Crippen molar-refractivity contribution in [1.82, 2.24) is 5.32 Å². The Kier molecular flexibility index (Phi) is 3.78. The molecule has 2 aliphatic rings. The molecule has 1 aliphatic carbocycles. The van der Waals surface area contributed by atoms with Crippen molar-refractivity contribution in [2.75, 3.05) is 25.1 Å². The molecule has 1 amide bonds. The largest absolute Gasteiger partial charge is 0.486 e. The summed E-state index contributed by atoms with van der Waals surface area (Å²) < 4.78 is 10.9. The normalized spacial score (nSPS) is 23.2. The molecule has 1 aromatic carbocycles. The first kappa shape index (κ1) is 13.2. The van der Waals surface area contributed by atoms with Crippen LogP contribution in [-0.2, 0) is 4.79 Å². The highest BCUT2D eigenvalue weighted by molar-refractivity contribution is 5.92. The van der Waals surface area contributed by atoms with Gasteiger partial charge >= 0.3 is 0 Å². The summed E-state index contributed by atoms with van der Waals surface area (Å²) in [5, 5.41) is 6.14. The van der Waals surface area contributed by atoms with Crippen LogP contribution in [0, 0.1) is 5.92 Å². The second kappa shape index (κ2) is 5.71. The van der Waals surface area contributed by atoms with Gasteiger partial charge in [-0.05, 0) is 24.5 Å². The highest BCUT2D eigenvalue weighted by Crippen LogP contribution is 2.33. The third-order valence-electron chi connectivity index (χ3n) is 3.80. The van der Waals surface area contributed by atoms with Crippen LogP contribution in [-0.4, -0.2) is 31.7 Å². The number of rotatable bonds is 5. The van der Waals surface area contributed by atoms with Gasteiger partial charge in [0.2, 0.25) is 5.91 Å². The van der Waals surface area contributed by atoms with Gasteiger partial charge in [-0.15, -0.1) is 0 Å². The van der Waals surface area contributed by atoms with E-state index in [2.05, 4.69) is 17.6 Å². The molecule has 20 heavy (non-hydrogen) atoms. The molecule has 0 spiro atoms. The van der Waals surface area contributed by atoms with Gasteiger partial charge in [-0.1, -0.05) is 13.3 Å². The van der Waals surface area contributed by atoms with Crippen LogP contribution >= 0.6 is 0 Å². The Hall–Kier alpha value is -1.75. The molecule has 5 heteroatoms. The molecule has 1 saturated carbocycles. The van der Waals surface area contributed by atoms with Crippen molar-refractivity contribution in [3.05, 3.63) is 18.2 Å². The number of carbonyl (C=O) groups excluding carboxylic acids is 1. The molecule has 1 fully saturated rings. The van der Waals surface area contributed by atoms with Crippen molar-refractivity contribution in [3.63, 3.8) is 0 Å². The summed E-state index contributed by atoms with van der Waals surface area (Å²) in [6.07, 6.45) is 2.37. The number of hydrogen-bond donors (Lipinski definition) is 2. The molecule has 0 bridgehead atoms. The fraction of sp³-hybridized carbons (Fsp3) is 0.533. The van der Waals surface area contributed by atoms with E-state index in [-0.39, 0.29) is 5.91 Å². The molecule has 0 radical (unpaired) electrons. The van der Waals surface area contributed by atoms with Gasteiger partial charge in [-0.25, -0.2) is 0 Å². The van der Waals surface area contributed by atoms with E-state index in [1.807, 2.05) is 12.1 Å². The first-order valence-electron chi connectivity index (χ1n) is 7.19. The maximum absolute atomic E-state index is 11.9. The van der Waals surface area contributed by atoms with Crippen LogP contribution in [0.4, 0.5) is 5.69 Å². The van der Waals surface area contributed by atoms with E-state index in [9.17, 15) is 4.79 Å². The minimum Gasteiger partial charge on any atom is -0.486 e. The number of benzene rings is 1. The lowest BCUT2D eigenvalue weighted by Crippen LogP contribution is -2.30. The second-order valence-corrected chi connectivity index (χ2v) is 5.30. The van der Waals surface area contributed by atoms with Crippen molar-refractivity contribution < 1.29 is 14.3 Å². The third-order valence-corrected chi connectivity index (χ3v) is 3.80. The molecule has 1 aromatic rings. The van der Waals surface area contributed by atoms with Crippen LogP contribution in [0.5, 0.6) is 11.5 Å². The summed E-state index contributed by atoms with van der Waals surface area (Å²) in [5.41, 5.74) is 0.740. The van der Waals surface area contributed by atoms with Gasteiger partial charge < -0.3 is 20.1 Å². The van der Waals surface area contributed by atoms with Crippen molar-refractivity contribution in [1.29, 1.82) is 0 Å². The van der Waals surface area contributed by atoms with Crippen LogP contribution in [0.15, 0.2) is 18.2 Å². The van der Waals surface area contributed by atoms with E-state index < -0.39 is 0 Å². The molecule has 2 unspecified atom stereocenters. The smallest absolute Gasteiger partial charge is 0.238 e. The second-order valence-electron chi connectivity index (χ2n) is 5.30. The van der Waals surface area contributed by atoms with E-state index in [1.54, 1.807) is 6.07 Å². The van der Waals surface area contributed by atoms with Crippen molar-refractivity contribution in [2.45, 2.75) is 25.8 Å². The summed E-state index contributed by atoms with van der Waals surface area (Å²) in [4.78, 5) is 11.9. The molecule has 0 saturated heterocycles. The molecular formula is C15H20N2O3. The standard InChI is InChI=1S/C15H20N2O3/c1-2-10-7-12(10)16-9-15(18)17-11-3-4-13-14(8-11)20-6-5-19-13/h3-4,8,10,12,16H,2,5-7,9H2,1H3,(H,17,18). The molecular weight excluding hydrogens is 256 g/mol. The summed E-state index contributed by atoms with van der Waals surface area (Å²) >= 11 is 0. The van der Waals surface area contributed by atoms with Crippen LogP contribution in [0.1, 0.15) is 19.8 Å². The zero-order valence-corrected chi connectivity index (χ0v) is 11.6. The van der Waals surface area contributed by atoms with E-state index in [0.717, 1.165) is 17.4 Å². The first-order chi connectivity index (χ1) is 9.76. The Bertz CT molecular complexity index is 504. The van der Waals surface area contributed by atoms with E-state index in [1.165, 1.54) is 12.8 Å². The number of nitrogens with one attached hydrogen (secondary N) is 2. The van der Waals surface area contributed by atoms with E-state index in [0.29, 0.717) is 31.5 Å². The highest BCUT2D eigenvalue weighted by Gasteiger charge is 2.34. The molecule has 1 heterocycles. The van der Waals surface area contributed by atoms with Gasteiger partial charge in [0.05, 0.1) is 6.54 Å². The molecule has 2 atom stereocenters. The van der Waals surface area contributed by atoms with Crippen LogP contribution in [0.25, 0.3) is 0 Å². The maximum Gasteiger partial charge on any atom is 0.238 e. The predicted octanol–water partition coefficient (Wildman–Crippen LogP) is 1.78. The molecule has 0 aromatic heterocycles. The van der Waals surface area contributed by atoms with Gasteiger partial charge in [-0.2, -0.15) is 0 Å². The lowest BCUT2D eigenvalue weighted by atomic mass is 10.2. The van der Waals surface area contributed by atoms with E-state index >= 15 is 0 Å². The SMILES string of the molecule is CCC1CC1NCC(=O)Nc1ccc2c(c1)OCCO2. The van der Waals surface area contributed by atoms with Crippen molar-refractivity contribution in [3.8, 4) is 11.5 Å². The number of amides is 1. The van der Waals surface area contributed by atoms with Gasteiger partial charge in [0.25, 0.3) is 0 Å². The Morgan fingerprint density at radius 2 is 2.10 bits per heavy atom. The molecule has 2 N–H and O–H groups in total. The number of ether oxygens (including phenoxy) is 2. The molecule has 5 nitrogen and oxygen atoms in total. The summed E-state index contributed by atoms with van der Waals surface area (Å²) in [5.74, 6) is 2.15. The highest BCUT2D eigenvalue weighted by atomic mass is 16.6. The van der Waals surface area contributed by atoms with Crippen molar-refractivity contribution in [2.24, 2.45) is 5.92 Å². The summed E-state index contributed by atoms with van der Waals surface area (Å²) in [6.45, 7) is 3.66. The monoisotopic (exact) mass is 276 g/mol. The average Bonchev–Trinajstić information content (AvgIpc) is 3.24. The number of carbonyl (C=O) groups is 1. The van der Waals surface area contributed by atoms with E-state index in [4.69, 9.17) is 9.47 Å². The molecule has 1 aliphatic heterocycles. The fourth-order valence-corrected chi connectivity index (χ4v) is 2.50. The first-order valence-corrected chi connectivity index (χ1v) is 7.19. The van der Waals surface area contributed by atoms with Gasteiger partial charge in [0, 0.05) is 17.8 Å². The predicted molar refractivity (Wildman–Crippen MR) is 76.3 cm³/mol. The maximum atomic E-state index is 11.9. The quantitative estimate of drug-likeness (QED) is 0.860. The minimum atomic E-state index is -0.0246. The minimum absolute atomic E-state index is 0.0246. The fourth-order valence-electron chi connectivity index (χ4n) is 2.50. The Balaban J connectivity index is 1.51. The zero-order valence-electron chi connectivity index (χ0n) is 11.6. The number of fused-ring (bicyclic) bond motifs is 1. The molecule has 3 rings (SSSR count). The zero-order chi connectivity index (χ0) is 13.9. The number of hydrogen-bond acceptors (Lipinski definition) is 4. The van der Waals surface area contributed by atoms with Gasteiger partial charge in [0.1, 0.15) is 13.2 Å². The van der Waals surface area contributed by atoms with Gasteiger partial charge in [0.15, 0.2) is 11.5 Å². The van der Waals surface area contributed by atoms with Crippen LogP contribution < -0.4 is 20.1 Å². The lowest BCUT2D eigenvalue weighted by molar-refractivity contribution is -0.115.